The molecule has 0 spiro atoms. The van der Waals surface area contributed by atoms with Gasteiger partial charge in [0.15, 0.2) is 0 Å². The summed E-state index contributed by atoms with van der Waals surface area (Å²) in [4.78, 5) is 11.2. The third kappa shape index (κ3) is 1.70. The number of hydrogen-bond acceptors (Lipinski definition) is 3. The third-order valence-electron chi connectivity index (χ3n) is 2.09. The maximum Gasteiger partial charge on any atom is 0.227 e. The second-order valence-corrected chi connectivity index (χ2v) is 3.14. The van der Waals surface area contributed by atoms with Crippen LogP contribution in [0, 0.1) is 0 Å². The first-order valence-corrected chi connectivity index (χ1v) is 4.46. The molecule has 1 aromatic carbocycles. The van der Waals surface area contributed by atoms with Gasteiger partial charge in [-0.15, -0.1) is 0 Å². The van der Waals surface area contributed by atoms with Crippen LogP contribution in [0.2, 0.25) is 0 Å². The molecule has 1 heterocycles. The Morgan fingerprint density at radius 2 is 2.36 bits per heavy atom. The minimum absolute atomic E-state index is 0.0385. The molecule has 1 aromatic rings. The second kappa shape index (κ2) is 3.67. The van der Waals surface area contributed by atoms with Gasteiger partial charge in [0, 0.05) is 0 Å². The highest BCUT2D eigenvalue weighted by Crippen LogP contribution is 2.27. The maximum atomic E-state index is 11.2. The zero-order chi connectivity index (χ0) is 9.97. The van der Waals surface area contributed by atoms with Gasteiger partial charge in [0.1, 0.15) is 5.75 Å². The lowest BCUT2D eigenvalue weighted by Crippen LogP contribution is -2.10. The van der Waals surface area contributed by atoms with Gasteiger partial charge < -0.3 is 15.2 Å². The normalized spacial score (nSPS) is 15.1. The number of anilines is 1. The Morgan fingerprint density at radius 1 is 1.50 bits per heavy atom. The van der Waals surface area contributed by atoms with Crippen molar-refractivity contribution in [2.75, 3.05) is 11.9 Å². The number of nitrogens with one attached hydrogen (secondary N) is 1. The van der Waals surface area contributed by atoms with Crippen molar-refractivity contribution >= 4 is 11.6 Å². The Balaban J connectivity index is 2.36. The van der Waals surface area contributed by atoms with Crippen LogP contribution in [0.5, 0.6) is 5.75 Å². The van der Waals surface area contributed by atoms with Crippen LogP contribution in [-0.4, -0.2) is 17.6 Å². The zero-order valence-corrected chi connectivity index (χ0v) is 7.62. The Labute approximate surface area is 81.5 Å². The summed E-state index contributed by atoms with van der Waals surface area (Å²) < 4.78 is 5.35. The first-order valence-electron chi connectivity index (χ1n) is 4.46. The van der Waals surface area contributed by atoms with E-state index in [2.05, 4.69) is 5.32 Å². The Hall–Kier alpha value is -1.55. The van der Waals surface area contributed by atoms with Gasteiger partial charge in [-0.25, -0.2) is 0 Å². The molecule has 0 atom stereocenters. The summed E-state index contributed by atoms with van der Waals surface area (Å²) in [6.45, 7) is 0.362. The molecule has 4 nitrogen and oxygen atoms in total. The van der Waals surface area contributed by atoms with Crippen LogP contribution in [0.25, 0.3) is 0 Å². The fourth-order valence-corrected chi connectivity index (χ4v) is 1.37. The van der Waals surface area contributed by atoms with Crippen molar-refractivity contribution < 1.29 is 14.6 Å². The first-order chi connectivity index (χ1) is 6.79. The maximum absolute atomic E-state index is 11.2. The average Bonchev–Trinajstić information content (AvgIpc) is 2.37. The molecule has 0 fully saturated rings. The molecular formula is C10H11NO3. The number of fused-ring (bicyclic) bond motifs is 1. The molecule has 1 amide bonds. The largest absolute Gasteiger partial charge is 0.491 e. The van der Waals surface area contributed by atoms with E-state index in [0.29, 0.717) is 24.5 Å². The predicted octanol–water partition coefficient (Wildman–Crippen LogP) is 0.900. The zero-order valence-electron chi connectivity index (χ0n) is 7.62. The van der Waals surface area contributed by atoms with E-state index in [4.69, 9.17) is 9.84 Å². The first kappa shape index (κ1) is 9.02. The molecule has 0 bridgehead atoms. The van der Waals surface area contributed by atoms with E-state index in [0.717, 1.165) is 5.56 Å². The van der Waals surface area contributed by atoms with E-state index in [1.807, 2.05) is 0 Å². The molecule has 0 unspecified atom stereocenters. The molecule has 0 saturated heterocycles. The second-order valence-electron chi connectivity index (χ2n) is 3.14. The fourth-order valence-electron chi connectivity index (χ4n) is 1.37. The topological polar surface area (TPSA) is 58.6 Å². The molecule has 74 valence electrons. The number of amides is 1. The van der Waals surface area contributed by atoms with Crippen LogP contribution in [0.3, 0.4) is 0 Å². The van der Waals surface area contributed by atoms with Crippen LogP contribution < -0.4 is 10.1 Å². The van der Waals surface area contributed by atoms with Gasteiger partial charge in [-0.2, -0.15) is 0 Å². The summed E-state index contributed by atoms with van der Waals surface area (Å²) in [5.41, 5.74) is 1.40. The average molecular weight is 193 g/mol. The Kier molecular flexibility index (Phi) is 2.37. The van der Waals surface area contributed by atoms with E-state index >= 15 is 0 Å². The van der Waals surface area contributed by atoms with Crippen LogP contribution in [-0.2, 0) is 11.4 Å². The molecule has 2 N–H and O–H groups in total. The van der Waals surface area contributed by atoms with Gasteiger partial charge in [0.25, 0.3) is 0 Å². The molecule has 0 radical (unpaired) electrons. The van der Waals surface area contributed by atoms with E-state index in [1.54, 1.807) is 18.2 Å². The monoisotopic (exact) mass is 193 g/mol. The molecular weight excluding hydrogens is 182 g/mol. The molecule has 1 aliphatic heterocycles. The van der Waals surface area contributed by atoms with Gasteiger partial charge in [-0.05, 0) is 17.7 Å². The van der Waals surface area contributed by atoms with E-state index in [9.17, 15) is 4.79 Å². The van der Waals surface area contributed by atoms with E-state index in [-0.39, 0.29) is 12.5 Å². The lowest BCUT2D eigenvalue weighted by Gasteiger charge is -2.07. The smallest absolute Gasteiger partial charge is 0.227 e. The van der Waals surface area contributed by atoms with Crippen molar-refractivity contribution in [3.8, 4) is 5.75 Å². The van der Waals surface area contributed by atoms with Gasteiger partial charge >= 0.3 is 0 Å². The van der Waals surface area contributed by atoms with Crippen LogP contribution in [0.15, 0.2) is 18.2 Å². The summed E-state index contributed by atoms with van der Waals surface area (Å²) in [6.07, 6.45) is 0.364. The van der Waals surface area contributed by atoms with Crippen molar-refractivity contribution in [1.29, 1.82) is 0 Å². The number of benzene rings is 1. The summed E-state index contributed by atoms with van der Waals surface area (Å²) >= 11 is 0. The third-order valence-corrected chi connectivity index (χ3v) is 2.09. The van der Waals surface area contributed by atoms with Gasteiger partial charge in [-0.1, -0.05) is 6.07 Å². The summed E-state index contributed by atoms with van der Waals surface area (Å²) in [6, 6.07) is 5.25. The van der Waals surface area contributed by atoms with Crippen molar-refractivity contribution in [3.05, 3.63) is 23.8 Å². The van der Waals surface area contributed by atoms with Crippen LogP contribution in [0.4, 0.5) is 5.69 Å². The quantitative estimate of drug-likeness (QED) is 0.696. The minimum Gasteiger partial charge on any atom is -0.491 e. The molecule has 1 aliphatic rings. The van der Waals surface area contributed by atoms with Crippen molar-refractivity contribution in [2.45, 2.75) is 13.0 Å². The summed E-state index contributed by atoms with van der Waals surface area (Å²) in [7, 11) is 0. The van der Waals surface area contributed by atoms with Crippen LogP contribution in [0.1, 0.15) is 12.0 Å². The predicted molar refractivity (Wildman–Crippen MR) is 51.1 cm³/mol. The van der Waals surface area contributed by atoms with Crippen LogP contribution >= 0.6 is 0 Å². The van der Waals surface area contributed by atoms with E-state index in [1.165, 1.54) is 0 Å². The number of carbonyl (C=O) groups excluding carboxylic acids is 1. The number of rotatable bonds is 1. The molecule has 4 heteroatoms. The SMILES string of the molecule is O=C1CCOc2ccc(CO)cc2N1. The minimum atomic E-state index is -0.0566. The number of hydrogen-bond donors (Lipinski definition) is 2. The Bertz CT molecular complexity index is 362. The lowest BCUT2D eigenvalue weighted by molar-refractivity contribution is -0.116. The van der Waals surface area contributed by atoms with E-state index < -0.39 is 0 Å². The summed E-state index contributed by atoms with van der Waals surface area (Å²) in [5, 5.41) is 11.6. The molecule has 0 aliphatic carbocycles. The highest BCUT2D eigenvalue weighted by atomic mass is 16.5. The number of aliphatic hydroxyl groups is 1. The van der Waals surface area contributed by atoms with Crippen molar-refractivity contribution in [3.63, 3.8) is 0 Å². The number of aliphatic hydroxyl groups excluding tert-OH is 1. The highest BCUT2D eigenvalue weighted by molar-refractivity contribution is 5.93. The van der Waals surface area contributed by atoms with Gasteiger partial charge in [0.2, 0.25) is 5.91 Å². The molecule has 0 aromatic heterocycles. The standard InChI is InChI=1S/C10H11NO3/c12-6-7-1-2-9-8(5-7)11-10(13)3-4-14-9/h1-2,5,12H,3-4,6H2,(H,11,13). The lowest BCUT2D eigenvalue weighted by atomic mass is 10.2. The van der Waals surface area contributed by atoms with Crippen molar-refractivity contribution in [1.82, 2.24) is 0 Å². The van der Waals surface area contributed by atoms with Crippen molar-refractivity contribution in [2.24, 2.45) is 0 Å². The van der Waals surface area contributed by atoms with Gasteiger partial charge in [-0.3, -0.25) is 4.79 Å². The molecule has 0 saturated carbocycles. The van der Waals surface area contributed by atoms with Gasteiger partial charge in [0.05, 0.1) is 25.3 Å². The molecule has 2 rings (SSSR count). The fraction of sp³-hybridized carbons (Fsp3) is 0.300. The molecule has 14 heavy (non-hydrogen) atoms. The Morgan fingerprint density at radius 3 is 3.14 bits per heavy atom. The highest BCUT2D eigenvalue weighted by Gasteiger charge is 2.13. The summed E-state index contributed by atoms with van der Waals surface area (Å²) in [5.74, 6) is 0.604. The number of ether oxygens (including phenoxy) is 1. The number of carbonyl (C=O) groups is 1.